The van der Waals surface area contributed by atoms with Gasteiger partial charge in [0.25, 0.3) is 11.8 Å². The molecule has 356 valence electrons. The van der Waals surface area contributed by atoms with Gasteiger partial charge in [-0.1, -0.05) is 34.7 Å². The molecule has 0 radical (unpaired) electrons. The van der Waals surface area contributed by atoms with Gasteiger partial charge in [0.05, 0.1) is 31.4 Å². The van der Waals surface area contributed by atoms with E-state index in [0.717, 1.165) is 43.2 Å². The molecule has 2 amide bonds. The molecular weight excluding hydrogens is 1030 g/mol. The Morgan fingerprint density at radius 3 is 1.43 bits per heavy atom. The van der Waals surface area contributed by atoms with E-state index < -0.39 is 46.5 Å². The third-order valence-corrected chi connectivity index (χ3v) is 11.1. The summed E-state index contributed by atoms with van der Waals surface area (Å²) >= 11 is 13.2. The van der Waals surface area contributed by atoms with Crippen molar-refractivity contribution in [1.29, 1.82) is 0 Å². The first kappa shape index (κ1) is 60.6. The monoisotopic (exact) mass is 1080 g/mol. The predicted octanol–water partition coefficient (Wildman–Crippen LogP) is 5.86. The number of aryl methyl sites for hydroxylation is 2. The van der Waals surface area contributed by atoms with Gasteiger partial charge in [0.1, 0.15) is 22.7 Å². The standard InChI is InChI=1S/C21H18FN3O3S.C20H16FN3O3S.C4H8O2.CH3I.Li.2H2O/c1-12-10-13(7-9-17(12)23-4)24-19(27)21(2,3)25(20(24)29)14-6-8-15(16(22)11-14)18(26)28-5;1-11-9-12(6-8-16(11)22-4)23-18(27)20(2,3)24(19(23)28)13-5-7-14(17(25)26)15(21)10-13;5-4-2-1-3-6-4;1-2;;;/h6-11H,1-3,5H3;5-10H,1-3H3,(H,25,26);4-5H,1-3H2;1H3;;2*1H2/q;;;;+1;;/p-1. The van der Waals surface area contributed by atoms with E-state index >= 15 is 0 Å². The molecule has 0 saturated carbocycles. The van der Waals surface area contributed by atoms with Crippen LogP contribution < -0.4 is 38.5 Å². The van der Waals surface area contributed by atoms with Crippen molar-refractivity contribution in [3.63, 3.8) is 0 Å². The van der Waals surface area contributed by atoms with Crippen molar-refractivity contribution >= 4 is 115 Å². The number of esters is 1. The molecule has 0 aromatic heterocycles. The van der Waals surface area contributed by atoms with Crippen molar-refractivity contribution in [3.05, 3.63) is 130 Å². The van der Waals surface area contributed by atoms with Crippen molar-refractivity contribution in [1.82, 2.24) is 0 Å². The van der Waals surface area contributed by atoms with Gasteiger partial charge in [-0.2, -0.15) is 0 Å². The number of halogens is 3. The maximum absolute atomic E-state index is 14.5. The first-order valence-electron chi connectivity index (χ1n) is 19.5. The number of aromatic carboxylic acids is 1. The Hall–Kier alpha value is -5.45. The fourth-order valence-electron chi connectivity index (χ4n) is 7.02. The van der Waals surface area contributed by atoms with E-state index in [1.165, 1.54) is 40.0 Å². The minimum Gasteiger partial charge on any atom is -0.870 e. The van der Waals surface area contributed by atoms with Gasteiger partial charge in [0.2, 0.25) is 0 Å². The summed E-state index contributed by atoms with van der Waals surface area (Å²) in [5.74, 6) is -4.43. The third kappa shape index (κ3) is 12.4. The molecule has 3 fully saturated rings. The Kier molecular flexibility index (Phi) is 22.5. The second kappa shape index (κ2) is 25.2. The summed E-state index contributed by atoms with van der Waals surface area (Å²) in [4.78, 5) is 63.5. The molecule has 0 spiro atoms. The number of methoxy groups -OCH3 is 1. The van der Waals surface area contributed by atoms with Gasteiger partial charge >= 0.3 is 30.8 Å². The second-order valence-electron chi connectivity index (χ2n) is 15.4. The van der Waals surface area contributed by atoms with Crippen LogP contribution in [0, 0.1) is 38.6 Å². The van der Waals surface area contributed by atoms with Crippen molar-refractivity contribution in [2.45, 2.75) is 71.8 Å². The Balaban J connectivity index is 0.000000563. The molecule has 0 aliphatic carbocycles. The number of carbonyl (C=O) groups is 4. The quantitative estimate of drug-likeness (QED) is 0.0580. The van der Waals surface area contributed by atoms with Gasteiger partial charge in [0, 0.05) is 35.8 Å². The zero-order valence-electron chi connectivity index (χ0n) is 38.6. The van der Waals surface area contributed by atoms with E-state index in [2.05, 4.69) is 37.0 Å². The van der Waals surface area contributed by atoms with Gasteiger partial charge in [0.15, 0.2) is 27.9 Å². The molecule has 4 aromatic carbocycles. The maximum Gasteiger partial charge on any atom is 1.00 e. The van der Waals surface area contributed by atoms with E-state index in [-0.39, 0.29) is 63.1 Å². The van der Waals surface area contributed by atoms with Crippen LogP contribution in [0.5, 0.6) is 0 Å². The fraction of sp³-hybridized carbons (Fsp3) is 0.304. The number of anilines is 4. The van der Waals surface area contributed by atoms with Crippen LogP contribution >= 0.6 is 47.0 Å². The molecular formula is C46H48F2ILiN6O10S2. The number of ether oxygens (including phenoxy) is 2. The average Bonchev–Trinajstić information content (AvgIpc) is 3.86. The number of carbonyl (C=O) groups excluding carboxylic acids is 3. The van der Waals surface area contributed by atoms with Crippen LogP contribution in [0.15, 0.2) is 72.8 Å². The van der Waals surface area contributed by atoms with Crippen molar-refractivity contribution in [2.24, 2.45) is 0 Å². The van der Waals surface area contributed by atoms with Gasteiger partial charge in [-0.05, 0) is 149 Å². The summed E-state index contributed by atoms with van der Waals surface area (Å²) in [6.07, 6.45) is 1.38. The fourth-order valence-corrected chi connectivity index (χ4v) is 8.06. The maximum atomic E-state index is 14.5. The number of carboxylic acid groups (broad SMARTS) is 1. The van der Waals surface area contributed by atoms with Crippen molar-refractivity contribution < 1.29 is 77.5 Å². The molecule has 3 aliphatic rings. The number of thiocarbonyl (C=S) groups is 2. The van der Waals surface area contributed by atoms with Crippen LogP contribution in [0.4, 0.5) is 42.9 Å². The molecule has 16 nitrogen and oxygen atoms in total. The number of rotatable bonds is 6. The van der Waals surface area contributed by atoms with Gasteiger partial charge < -0.3 is 40.4 Å². The van der Waals surface area contributed by atoms with Crippen LogP contribution in [0.3, 0.4) is 0 Å². The molecule has 3 saturated heterocycles. The average molecular weight is 1080 g/mol. The number of hydrogen-bond donors (Lipinski definition) is 2. The van der Waals surface area contributed by atoms with E-state index in [0.29, 0.717) is 34.0 Å². The molecule has 5 N–H and O–H groups in total. The molecule has 1 unspecified atom stereocenters. The second-order valence-corrected chi connectivity index (χ2v) is 16.1. The molecule has 0 bridgehead atoms. The molecule has 4 aromatic rings. The summed E-state index contributed by atoms with van der Waals surface area (Å²) in [6.45, 7) is 25.3. The number of aliphatic hydroxyl groups excluding tert-OH is 1. The molecule has 7 rings (SSSR count). The van der Waals surface area contributed by atoms with Crippen LogP contribution in [-0.4, -0.2) is 91.2 Å². The first-order chi connectivity index (χ1) is 30.6. The van der Waals surface area contributed by atoms with E-state index in [1.807, 2.05) is 4.93 Å². The molecule has 3 heterocycles. The number of nitrogens with zero attached hydrogens (tertiary/aromatic N) is 6. The summed E-state index contributed by atoms with van der Waals surface area (Å²) in [5.41, 5.74) is 1.21. The van der Waals surface area contributed by atoms with Crippen LogP contribution in [-0.2, 0) is 19.1 Å². The van der Waals surface area contributed by atoms with Crippen molar-refractivity contribution in [3.8, 4) is 0 Å². The van der Waals surface area contributed by atoms with Crippen LogP contribution in [0.1, 0.15) is 72.4 Å². The first-order valence-corrected chi connectivity index (χ1v) is 22.5. The number of carboxylic acids is 1. The molecule has 3 aliphatic heterocycles. The number of alkyl halides is 1. The third-order valence-electron chi connectivity index (χ3n) is 10.4. The van der Waals surface area contributed by atoms with Gasteiger partial charge in [-0.25, -0.2) is 28.1 Å². The van der Waals surface area contributed by atoms with Gasteiger partial charge in [-0.15, -0.1) is 0 Å². The van der Waals surface area contributed by atoms with E-state index in [1.54, 1.807) is 82.8 Å². The Labute approximate surface area is 429 Å². The minimum absolute atomic E-state index is 0. The summed E-state index contributed by atoms with van der Waals surface area (Å²) < 4.78 is 38.0. The summed E-state index contributed by atoms with van der Waals surface area (Å²) in [5, 5.41) is 17.8. The van der Waals surface area contributed by atoms with Crippen LogP contribution in [0.25, 0.3) is 9.69 Å². The topological polar surface area (TPSA) is 210 Å². The van der Waals surface area contributed by atoms with Crippen molar-refractivity contribution in [2.75, 3.05) is 38.2 Å². The summed E-state index contributed by atoms with van der Waals surface area (Å²) in [6, 6.07) is 17.6. The smallest absolute Gasteiger partial charge is 0.870 e. The number of benzene rings is 4. The largest absolute Gasteiger partial charge is 1.00 e. The Morgan fingerprint density at radius 1 is 0.765 bits per heavy atom. The van der Waals surface area contributed by atoms with E-state index in [4.69, 9.17) is 52.5 Å². The number of aliphatic hydroxyl groups is 1. The Bertz CT molecular complexity index is 2660. The van der Waals surface area contributed by atoms with E-state index in [9.17, 15) is 28.0 Å². The molecule has 22 heteroatoms. The minimum atomic E-state index is -1.37. The Morgan fingerprint density at radius 2 is 1.15 bits per heavy atom. The summed E-state index contributed by atoms with van der Waals surface area (Å²) in [7, 11) is 1.17. The molecule has 1 atom stereocenters. The number of amides is 2. The normalized spacial score (nSPS) is 16.2. The predicted molar refractivity (Wildman–Crippen MR) is 266 cm³/mol. The van der Waals surface area contributed by atoms with Gasteiger partial charge in [-0.3, -0.25) is 19.4 Å². The number of hydrogen-bond acceptors (Lipinski definition) is 10. The zero-order chi connectivity index (χ0) is 48.7. The zero-order valence-corrected chi connectivity index (χ0v) is 42.3. The molecule has 68 heavy (non-hydrogen) atoms. The van der Waals surface area contributed by atoms with Crippen LogP contribution in [0.2, 0.25) is 0 Å². The SMILES string of the molecule is CI.O.OC1CCCO1.[C-]#[N+]c1ccc(N2C(=O)C(C)(C)N(c3ccc(C(=O)O)c(F)c3)C2=S)cc1C.[C-]#[N+]c1ccc(N2C(=O)C(C)(C)N(c3ccc(C(=O)OC)c(F)c3)C2=S)cc1C.[Li+].[OH-].